The number of carboxylic acid groups (broad SMARTS) is 1. The first-order chi connectivity index (χ1) is 7.90. The van der Waals surface area contributed by atoms with Crippen LogP contribution in [0.1, 0.15) is 6.42 Å². The number of hydrogen-bond acceptors (Lipinski definition) is 3. The van der Waals surface area contributed by atoms with E-state index in [1.165, 1.54) is 0 Å². The molecule has 0 saturated heterocycles. The van der Waals surface area contributed by atoms with Gasteiger partial charge in [-0.05, 0) is 22.0 Å². The molecular weight excluding hydrogens is 300 g/mol. The Kier molecular flexibility index (Phi) is 4.83. The summed E-state index contributed by atoms with van der Waals surface area (Å²) in [6, 6.07) is 1.76. The average molecular weight is 310 g/mol. The van der Waals surface area contributed by atoms with E-state index in [-0.39, 0.29) is 16.7 Å². The molecule has 0 aromatic heterocycles. The van der Waals surface area contributed by atoms with Gasteiger partial charge >= 0.3 is 5.97 Å². The van der Waals surface area contributed by atoms with Crippen molar-refractivity contribution in [3.05, 3.63) is 28.2 Å². The van der Waals surface area contributed by atoms with Crippen molar-refractivity contribution < 1.29 is 23.8 Å². The second-order valence-corrected chi connectivity index (χ2v) is 4.23. The van der Waals surface area contributed by atoms with Crippen LogP contribution >= 0.6 is 15.9 Å². The summed E-state index contributed by atoms with van der Waals surface area (Å²) in [5, 5.41) is 20.2. The molecule has 0 bridgehead atoms. The molecule has 1 aromatic rings. The summed E-state index contributed by atoms with van der Waals surface area (Å²) in [7, 11) is 0. The normalized spacial score (nSPS) is 12.2. The predicted octanol–water partition coefficient (Wildman–Crippen LogP) is 1.97. The van der Waals surface area contributed by atoms with Crippen molar-refractivity contribution in [2.45, 2.75) is 12.5 Å². The largest absolute Gasteiger partial charge is 0.481 e. The number of carbonyl (C=O) groups is 1. The Balaban J connectivity index is 2.66. The van der Waals surface area contributed by atoms with Crippen LogP contribution in [0.4, 0.5) is 14.5 Å². The maximum Gasteiger partial charge on any atom is 0.306 e. The van der Waals surface area contributed by atoms with E-state index in [1.807, 2.05) is 0 Å². The van der Waals surface area contributed by atoms with E-state index in [1.54, 1.807) is 0 Å². The molecule has 0 aliphatic carbocycles. The molecule has 0 spiro atoms. The minimum Gasteiger partial charge on any atom is -0.481 e. The quantitative estimate of drug-likeness (QED) is 0.778. The molecule has 94 valence electrons. The molecule has 0 saturated carbocycles. The number of carboxylic acids is 1. The van der Waals surface area contributed by atoms with Gasteiger partial charge in [0, 0.05) is 17.1 Å². The lowest BCUT2D eigenvalue weighted by molar-refractivity contribution is -0.138. The lowest BCUT2D eigenvalue weighted by atomic mass is 10.2. The molecule has 0 aliphatic rings. The third kappa shape index (κ3) is 4.27. The molecule has 0 heterocycles. The standard InChI is InChI=1S/C10H10BrF2NO3/c11-7-1-5(12)2-8(13)10(7)14-4-6(15)3-9(16)17/h1-2,6,14-15H,3-4H2,(H,16,17). The van der Waals surface area contributed by atoms with Crippen LogP contribution in [0.25, 0.3) is 0 Å². The van der Waals surface area contributed by atoms with Crippen molar-refractivity contribution in [3.63, 3.8) is 0 Å². The van der Waals surface area contributed by atoms with Gasteiger partial charge in [-0.3, -0.25) is 4.79 Å². The Morgan fingerprint density at radius 2 is 2.12 bits per heavy atom. The van der Waals surface area contributed by atoms with Crippen molar-refractivity contribution in [2.75, 3.05) is 11.9 Å². The van der Waals surface area contributed by atoms with Gasteiger partial charge in [0.2, 0.25) is 0 Å². The van der Waals surface area contributed by atoms with Crippen LogP contribution in [-0.2, 0) is 4.79 Å². The highest BCUT2D eigenvalue weighted by molar-refractivity contribution is 9.10. The number of aliphatic carboxylic acids is 1. The molecule has 3 N–H and O–H groups in total. The number of anilines is 1. The number of hydrogen-bond donors (Lipinski definition) is 3. The van der Waals surface area contributed by atoms with Gasteiger partial charge in [0.1, 0.15) is 11.6 Å². The van der Waals surface area contributed by atoms with E-state index >= 15 is 0 Å². The Labute approximate surface area is 104 Å². The number of nitrogens with one attached hydrogen (secondary N) is 1. The fraction of sp³-hybridized carbons (Fsp3) is 0.300. The molecule has 0 amide bonds. The molecule has 0 fully saturated rings. The zero-order chi connectivity index (χ0) is 13.0. The number of halogens is 3. The van der Waals surface area contributed by atoms with E-state index < -0.39 is 30.1 Å². The molecule has 0 aliphatic heterocycles. The Morgan fingerprint density at radius 3 is 2.65 bits per heavy atom. The van der Waals surface area contributed by atoms with Crippen LogP contribution in [0, 0.1) is 11.6 Å². The summed E-state index contributed by atoms with van der Waals surface area (Å²) < 4.78 is 26.2. The van der Waals surface area contributed by atoms with Crippen LogP contribution in [-0.4, -0.2) is 28.8 Å². The fourth-order valence-corrected chi connectivity index (χ4v) is 1.75. The highest BCUT2D eigenvalue weighted by Crippen LogP contribution is 2.26. The summed E-state index contributed by atoms with van der Waals surface area (Å²) >= 11 is 2.96. The number of aliphatic hydroxyl groups excluding tert-OH is 1. The van der Waals surface area contributed by atoms with Gasteiger partial charge in [0.15, 0.2) is 0 Å². The molecule has 0 radical (unpaired) electrons. The zero-order valence-corrected chi connectivity index (χ0v) is 10.2. The summed E-state index contributed by atoms with van der Waals surface area (Å²) in [4.78, 5) is 10.3. The van der Waals surface area contributed by atoms with E-state index in [2.05, 4.69) is 21.2 Å². The van der Waals surface area contributed by atoms with Crippen LogP contribution in [0.5, 0.6) is 0 Å². The van der Waals surface area contributed by atoms with Crippen molar-refractivity contribution in [1.82, 2.24) is 0 Å². The van der Waals surface area contributed by atoms with Crippen molar-refractivity contribution in [2.24, 2.45) is 0 Å². The smallest absolute Gasteiger partial charge is 0.306 e. The maximum absolute atomic E-state index is 13.3. The molecular formula is C10H10BrF2NO3. The Hall–Kier alpha value is -1.21. The summed E-state index contributed by atoms with van der Waals surface area (Å²) in [5.74, 6) is -2.71. The molecule has 1 rings (SSSR count). The van der Waals surface area contributed by atoms with Crippen LogP contribution in [0.15, 0.2) is 16.6 Å². The molecule has 1 unspecified atom stereocenters. The first-order valence-corrected chi connectivity index (χ1v) is 5.47. The second kappa shape index (κ2) is 5.92. The number of rotatable bonds is 5. The zero-order valence-electron chi connectivity index (χ0n) is 8.58. The van der Waals surface area contributed by atoms with E-state index in [0.29, 0.717) is 6.07 Å². The summed E-state index contributed by atoms with van der Waals surface area (Å²) in [5.41, 5.74) is -0.0177. The van der Waals surface area contributed by atoms with Gasteiger partial charge < -0.3 is 15.5 Å². The molecule has 7 heteroatoms. The van der Waals surface area contributed by atoms with E-state index in [4.69, 9.17) is 5.11 Å². The van der Waals surface area contributed by atoms with Crippen LogP contribution in [0.2, 0.25) is 0 Å². The first-order valence-electron chi connectivity index (χ1n) is 4.68. The van der Waals surface area contributed by atoms with Crippen LogP contribution in [0.3, 0.4) is 0 Å². The van der Waals surface area contributed by atoms with Gasteiger partial charge in [0.05, 0.1) is 18.2 Å². The van der Waals surface area contributed by atoms with E-state index in [9.17, 15) is 18.7 Å². The maximum atomic E-state index is 13.3. The van der Waals surface area contributed by atoms with Crippen molar-refractivity contribution in [3.8, 4) is 0 Å². The van der Waals surface area contributed by atoms with Gasteiger partial charge in [-0.1, -0.05) is 0 Å². The van der Waals surface area contributed by atoms with Gasteiger partial charge in [-0.2, -0.15) is 0 Å². The third-order valence-electron chi connectivity index (χ3n) is 1.93. The monoisotopic (exact) mass is 309 g/mol. The number of benzene rings is 1. The second-order valence-electron chi connectivity index (χ2n) is 3.38. The molecule has 17 heavy (non-hydrogen) atoms. The molecule has 4 nitrogen and oxygen atoms in total. The summed E-state index contributed by atoms with van der Waals surface area (Å²) in [6.07, 6.45) is -1.60. The highest BCUT2D eigenvalue weighted by atomic mass is 79.9. The van der Waals surface area contributed by atoms with Gasteiger partial charge in [-0.15, -0.1) is 0 Å². The highest BCUT2D eigenvalue weighted by Gasteiger charge is 2.13. The molecule has 1 atom stereocenters. The summed E-state index contributed by atoms with van der Waals surface area (Å²) in [6.45, 7) is -0.145. The minimum absolute atomic E-state index is 0.0177. The number of aliphatic hydroxyl groups is 1. The van der Waals surface area contributed by atoms with Crippen molar-refractivity contribution in [1.29, 1.82) is 0 Å². The lowest BCUT2D eigenvalue weighted by Gasteiger charge is -2.13. The average Bonchev–Trinajstić information content (AvgIpc) is 2.14. The van der Waals surface area contributed by atoms with Gasteiger partial charge in [0.25, 0.3) is 0 Å². The third-order valence-corrected chi connectivity index (χ3v) is 2.56. The fourth-order valence-electron chi connectivity index (χ4n) is 1.20. The SMILES string of the molecule is O=C(O)CC(O)CNc1c(F)cc(F)cc1Br. The van der Waals surface area contributed by atoms with Crippen molar-refractivity contribution >= 4 is 27.6 Å². The first kappa shape index (κ1) is 13.9. The van der Waals surface area contributed by atoms with Gasteiger partial charge in [-0.25, -0.2) is 8.78 Å². The Bertz CT molecular complexity index is 405. The molecule has 1 aromatic carbocycles. The Morgan fingerprint density at radius 1 is 1.47 bits per heavy atom. The van der Waals surface area contributed by atoms with Crippen LogP contribution < -0.4 is 5.32 Å². The van der Waals surface area contributed by atoms with E-state index in [0.717, 1.165) is 6.07 Å². The topological polar surface area (TPSA) is 69.6 Å². The minimum atomic E-state index is -1.15. The predicted molar refractivity (Wildman–Crippen MR) is 60.8 cm³/mol. The lowest BCUT2D eigenvalue weighted by Crippen LogP contribution is -2.23.